The number of likely N-dealkylation sites (tertiary alicyclic amines) is 2. The van der Waals surface area contributed by atoms with Gasteiger partial charge in [0.2, 0.25) is 0 Å². The molecule has 0 aliphatic carbocycles. The van der Waals surface area contributed by atoms with Gasteiger partial charge in [-0.05, 0) is 58.1 Å². The summed E-state index contributed by atoms with van der Waals surface area (Å²) in [7, 11) is 4.25. The molecular formula is C18H28ClN3O2. The van der Waals surface area contributed by atoms with Crippen LogP contribution in [0.15, 0.2) is 6.07 Å². The fourth-order valence-corrected chi connectivity index (χ4v) is 3.29. The van der Waals surface area contributed by atoms with E-state index in [1.54, 1.807) is 0 Å². The van der Waals surface area contributed by atoms with Crippen molar-refractivity contribution in [3.8, 4) is 11.6 Å². The predicted octanol–water partition coefficient (Wildman–Crippen LogP) is 2.85. The normalized spacial score (nSPS) is 24.3. The van der Waals surface area contributed by atoms with Crippen LogP contribution < -0.4 is 9.47 Å². The first-order valence-corrected chi connectivity index (χ1v) is 9.31. The van der Waals surface area contributed by atoms with Crippen LogP contribution in [-0.2, 0) is 6.42 Å². The zero-order valence-corrected chi connectivity index (χ0v) is 15.7. The molecule has 2 aliphatic rings. The van der Waals surface area contributed by atoms with Crippen molar-refractivity contribution >= 4 is 11.6 Å². The fraction of sp³-hybridized carbons (Fsp3) is 0.722. The van der Waals surface area contributed by atoms with Crippen molar-refractivity contribution in [2.75, 3.05) is 40.4 Å². The highest BCUT2D eigenvalue weighted by Crippen LogP contribution is 2.32. The van der Waals surface area contributed by atoms with E-state index in [9.17, 15) is 0 Å². The summed E-state index contributed by atoms with van der Waals surface area (Å²) >= 11 is 6.33. The molecule has 0 spiro atoms. The number of halogens is 1. The fourth-order valence-electron chi connectivity index (χ4n) is 3.07. The Balaban J connectivity index is 1.69. The minimum Gasteiger partial charge on any atom is -0.486 e. The summed E-state index contributed by atoms with van der Waals surface area (Å²) in [5.74, 6) is 1.26. The number of rotatable bonds is 8. The summed E-state index contributed by atoms with van der Waals surface area (Å²) in [6.07, 6.45) is 4.28. The van der Waals surface area contributed by atoms with E-state index in [1.807, 2.05) is 6.07 Å². The van der Waals surface area contributed by atoms with Crippen LogP contribution in [0.25, 0.3) is 0 Å². The Morgan fingerprint density at radius 2 is 1.75 bits per heavy atom. The number of aromatic nitrogens is 1. The molecule has 0 radical (unpaired) electrons. The lowest BCUT2D eigenvalue weighted by molar-refractivity contribution is 0.0646. The maximum Gasteiger partial charge on any atom is 0.258 e. The van der Waals surface area contributed by atoms with Crippen LogP contribution in [0.4, 0.5) is 0 Å². The average molecular weight is 354 g/mol. The Morgan fingerprint density at radius 3 is 2.25 bits per heavy atom. The lowest BCUT2D eigenvalue weighted by atomic mass is 10.1. The molecule has 0 amide bonds. The van der Waals surface area contributed by atoms with E-state index in [0.717, 1.165) is 37.2 Å². The van der Waals surface area contributed by atoms with Crippen LogP contribution in [0, 0.1) is 0 Å². The van der Waals surface area contributed by atoms with Gasteiger partial charge in [-0.1, -0.05) is 24.9 Å². The Kier molecular flexibility index (Phi) is 5.85. The molecular weight excluding hydrogens is 326 g/mol. The third-order valence-electron chi connectivity index (χ3n) is 5.22. The van der Waals surface area contributed by atoms with Gasteiger partial charge in [-0.2, -0.15) is 4.98 Å². The quantitative estimate of drug-likeness (QED) is 0.672. The van der Waals surface area contributed by atoms with Crippen molar-refractivity contribution in [1.29, 1.82) is 0 Å². The molecule has 0 N–H and O–H groups in total. The van der Waals surface area contributed by atoms with Gasteiger partial charge >= 0.3 is 0 Å². The smallest absolute Gasteiger partial charge is 0.258 e. The van der Waals surface area contributed by atoms with Crippen LogP contribution in [0.2, 0.25) is 5.15 Å². The van der Waals surface area contributed by atoms with Crippen molar-refractivity contribution in [2.24, 2.45) is 0 Å². The third-order valence-corrected chi connectivity index (χ3v) is 5.55. The number of likely N-dealkylation sites (N-methyl/N-ethyl adjacent to an activating group) is 2. The summed E-state index contributed by atoms with van der Waals surface area (Å²) in [5, 5.41) is 0.530. The molecule has 1 aromatic rings. The molecule has 2 aliphatic heterocycles. The van der Waals surface area contributed by atoms with E-state index in [-0.39, 0.29) is 0 Å². The highest BCUT2D eigenvalue weighted by Gasteiger charge is 2.27. The summed E-state index contributed by atoms with van der Waals surface area (Å²) in [4.78, 5) is 9.07. The van der Waals surface area contributed by atoms with Gasteiger partial charge in [0.15, 0.2) is 5.75 Å². The van der Waals surface area contributed by atoms with E-state index in [2.05, 4.69) is 35.8 Å². The Labute approximate surface area is 149 Å². The van der Waals surface area contributed by atoms with Gasteiger partial charge in [0.25, 0.3) is 5.88 Å². The summed E-state index contributed by atoms with van der Waals surface area (Å²) in [6, 6.07) is 2.96. The predicted molar refractivity (Wildman–Crippen MR) is 96.3 cm³/mol. The number of hydrogen-bond donors (Lipinski definition) is 0. The van der Waals surface area contributed by atoms with Gasteiger partial charge in [-0.25, -0.2) is 0 Å². The van der Waals surface area contributed by atoms with Crippen molar-refractivity contribution in [3.63, 3.8) is 0 Å². The van der Waals surface area contributed by atoms with Gasteiger partial charge in [-0.15, -0.1) is 0 Å². The van der Waals surface area contributed by atoms with Gasteiger partial charge in [0.05, 0.1) is 0 Å². The second-order valence-corrected chi connectivity index (χ2v) is 7.32. The number of ether oxygens (including phenoxy) is 2. The molecule has 5 nitrogen and oxygen atoms in total. The maximum atomic E-state index is 6.33. The van der Waals surface area contributed by atoms with Crippen molar-refractivity contribution in [2.45, 2.75) is 44.7 Å². The topological polar surface area (TPSA) is 37.8 Å². The maximum absolute atomic E-state index is 6.33. The number of pyridine rings is 1. The SMILES string of the molecule is CCCc1cc(OC[C@H]2CCN2C)c(OC[C@H]2CCN2C)nc1Cl. The zero-order chi connectivity index (χ0) is 17.1. The van der Waals surface area contributed by atoms with E-state index in [1.165, 1.54) is 12.8 Å². The minimum atomic E-state index is 0.464. The van der Waals surface area contributed by atoms with Crippen LogP contribution >= 0.6 is 11.6 Å². The first kappa shape index (κ1) is 17.8. The third kappa shape index (κ3) is 3.95. The molecule has 0 unspecified atom stereocenters. The first-order chi connectivity index (χ1) is 11.6. The van der Waals surface area contributed by atoms with E-state index < -0.39 is 0 Å². The number of nitrogens with zero attached hydrogens (tertiary/aromatic N) is 3. The van der Waals surface area contributed by atoms with E-state index in [4.69, 9.17) is 21.1 Å². The highest BCUT2D eigenvalue weighted by atomic mass is 35.5. The number of aryl methyl sites for hydroxylation is 1. The Bertz CT molecular complexity index is 569. The van der Waals surface area contributed by atoms with Crippen molar-refractivity contribution in [3.05, 3.63) is 16.8 Å². The lowest BCUT2D eigenvalue weighted by Crippen LogP contribution is -2.48. The van der Waals surface area contributed by atoms with Crippen LogP contribution in [0.1, 0.15) is 31.7 Å². The standard InChI is InChI=1S/C18H28ClN3O2/c1-4-5-13-10-16(23-11-14-6-8-21(14)2)18(20-17(13)19)24-12-15-7-9-22(15)3/h10,14-15H,4-9,11-12H2,1-3H3/t14-,15-/m1/s1. The molecule has 6 heteroatoms. The molecule has 134 valence electrons. The van der Waals surface area contributed by atoms with Crippen molar-refractivity contribution in [1.82, 2.24) is 14.8 Å². The molecule has 0 bridgehead atoms. The highest BCUT2D eigenvalue weighted by molar-refractivity contribution is 6.30. The monoisotopic (exact) mass is 353 g/mol. The van der Waals surface area contributed by atoms with Crippen LogP contribution in [0.3, 0.4) is 0 Å². The second kappa shape index (κ2) is 7.89. The summed E-state index contributed by atoms with van der Waals surface area (Å²) < 4.78 is 12.0. The molecule has 2 saturated heterocycles. The number of hydrogen-bond acceptors (Lipinski definition) is 5. The first-order valence-electron chi connectivity index (χ1n) is 8.94. The van der Waals surface area contributed by atoms with Gasteiger partial charge < -0.3 is 9.47 Å². The van der Waals surface area contributed by atoms with Gasteiger partial charge in [0, 0.05) is 12.1 Å². The molecule has 2 fully saturated rings. The summed E-state index contributed by atoms with van der Waals surface area (Å²) in [6.45, 7) is 5.72. The minimum absolute atomic E-state index is 0.464. The molecule has 0 saturated carbocycles. The molecule has 2 atom stereocenters. The lowest BCUT2D eigenvalue weighted by Gasteiger charge is -2.38. The average Bonchev–Trinajstić information content (AvgIpc) is 2.55. The second-order valence-electron chi connectivity index (χ2n) is 6.96. The molecule has 1 aromatic heterocycles. The molecule has 3 heterocycles. The van der Waals surface area contributed by atoms with Crippen molar-refractivity contribution < 1.29 is 9.47 Å². The van der Waals surface area contributed by atoms with Crippen LogP contribution in [0.5, 0.6) is 11.6 Å². The zero-order valence-electron chi connectivity index (χ0n) is 14.9. The molecule has 3 rings (SSSR count). The largest absolute Gasteiger partial charge is 0.486 e. The van der Waals surface area contributed by atoms with Gasteiger partial charge in [0.1, 0.15) is 18.4 Å². The van der Waals surface area contributed by atoms with E-state index >= 15 is 0 Å². The Morgan fingerprint density at radius 1 is 1.12 bits per heavy atom. The summed E-state index contributed by atoms with van der Waals surface area (Å²) in [5.41, 5.74) is 1.03. The Hall–Kier alpha value is -1.04. The molecule has 24 heavy (non-hydrogen) atoms. The van der Waals surface area contributed by atoms with Gasteiger partial charge in [-0.3, -0.25) is 9.80 Å². The van der Waals surface area contributed by atoms with E-state index in [0.29, 0.717) is 36.3 Å². The van der Waals surface area contributed by atoms with Crippen LogP contribution in [-0.4, -0.2) is 67.3 Å². The molecule has 0 aromatic carbocycles.